The predicted octanol–water partition coefficient (Wildman–Crippen LogP) is 21.8. The van der Waals surface area contributed by atoms with Gasteiger partial charge in [-0.25, -0.2) is 0 Å². The molecular weight excluding hydrogens is 923 g/mol. The fourth-order valence-electron chi connectivity index (χ4n) is 10.8. The SMILES string of the molecule is CCCCCCCCCCCCCCCCCCCCCCCCC(O)C(CO)NC(=O)CCCCCCCCCCCC/C=C\C=C/CCCCCOC(=O)CCCCCCCCCCCCCCCCCCC. The Balaban J connectivity index is 3.45. The van der Waals surface area contributed by atoms with Crippen LogP contribution in [0.5, 0.6) is 0 Å². The molecule has 0 aliphatic rings. The summed E-state index contributed by atoms with van der Waals surface area (Å²) in [6.45, 7) is 4.95. The van der Waals surface area contributed by atoms with Gasteiger partial charge in [0.25, 0.3) is 0 Å². The molecule has 0 aromatic heterocycles. The second kappa shape index (κ2) is 64.9. The third-order valence-corrected chi connectivity index (χ3v) is 16.0. The lowest BCUT2D eigenvalue weighted by Crippen LogP contribution is -2.45. The zero-order valence-electron chi connectivity index (χ0n) is 50.8. The van der Waals surface area contributed by atoms with E-state index in [0.717, 1.165) is 70.6 Å². The van der Waals surface area contributed by atoms with Crippen LogP contribution in [0.4, 0.5) is 0 Å². The summed E-state index contributed by atoms with van der Waals surface area (Å²) in [4.78, 5) is 24.6. The van der Waals surface area contributed by atoms with Crippen LogP contribution in [0, 0.1) is 0 Å². The predicted molar refractivity (Wildman–Crippen MR) is 329 cm³/mol. The van der Waals surface area contributed by atoms with Gasteiger partial charge in [0, 0.05) is 12.8 Å². The second-order valence-corrected chi connectivity index (χ2v) is 23.5. The maximum absolute atomic E-state index is 12.5. The largest absolute Gasteiger partial charge is 0.466 e. The molecule has 0 saturated carbocycles. The van der Waals surface area contributed by atoms with Crippen molar-refractivity contribution in [2.75, 3.05) is 13.2 Å². The Bertz CT molecular complexity index is 1170. The average molecular weight is 1060 g/mol. The van der Waals surface area contributed by atoms with Crippen molar-refractivity contribution in [3.8, 4) is 0 Å². The van der Waals surface area contributed by atoms with Crippen molar-refractivity contribution in [3.05, 3.63) is 24.3 Å². The Morgan fingerprint density at radius 3 is 0.987 bits per heavy atom. The summed E-state index contributed by atoms with van der Waals surface area (Å²) >= 11 is 0. The van der Waals surface area contributed by atoms with Crippen molar-refractivity contribution < 1.29 is 24.5 Å². The van der Waals surface area contributed by atoms with Crippen LogP contribution in [0.2, 0.25) is 0 Å². The van der Waals surface area contributed by atoms with Crippen molar-refractivity contribution in [2.24, 2.45) is 0 Å². The molecule has 0 radical (unpaired) electrons. The summed E-state index contributed by atoms with van der Waals surface area (Å²) in [5, 5.41) is 23.4. The molecule has 0 aromatic carbocycles. The van der Waals surface area contributed by atoms with E-state index in [0.29, 0.717) is 25.9 Å². The lowest BCUT2D eigenvalue weighted by molar-refractivity contribution is -0.143. The van der Waals surface area contributed by atoms with Gasteiger partial charge >= 0.3 is 5.97 Å². The highest BCUT2D eigenvalue weighted by Gasteiger charge is 2.20. The Hall–Kier alpha value is -1.66. The lowest BCUT2D eigenvalue weighted by atomic mass is 10.0. The highest BCUT2D eigenvalue weighted by Crippen LogP contribution is 2.19. The molecule has 0 aromatic rings. The van der Waals surface area contributed by atoms with Crippen LogP contribution in [-0.4, -0.2) is 47.4 Å². The molecular formula is C69H133NO5. The maximum Gasteiger partial charge on any atom is 0.305 e. The Kier molecular flexibility index (Phi) is 63.4. The molecule has 0 spiro atoms. The normalized spacial score (nSPS) is 12.6. The zero-order valence-corrected chi connectivity index (χ0v) is 50.8. The maximum atomic E-state index is 12.5. The minimum absolute atomic E-state index is 0.00839. The summed E-state index contributed by atoms with van der Waals surface area (Å²) in [5.74, 6) is -0.0490. The molecule has 0 saturated heterocycles. The number of carbonyl (C=O) groups is 2. The minimum atomic E-state index is -0.672. The van der Waals surface area contributed by atoms with Gasteiger partial charge in [0.15, 0.2) is 0 Å². The molecule has 0 fully saturated rings. The van der Waals surface area contributed by atoms with E-state index in [4.69, 9.17) is 4.74 Å². The molecule has 2 atom stereocenters. The summed E-state index contributed by atoms with van der Waals surface area (Å²) in [7, 11) is 0. The van der Waals surface area contributed by atoms with Gasteiger partial charge in [0.2, 0.25) is 5.91 Å². The highest BCUT2D eigenvalue weighted by molar-refractivity contribution is 5.76. The van der Waals surface area contributed by atoms with E-state index >= 15 is 0 Å². The summed E-state index contributed by atoms with van der Waals surface area (Å²) < 4.78 is 5.47. The van der Waals surface area contributed by atoms with Gasteiger partial charge in [-0.15, -0.1) is 0 Å². The number of aliphatic hydroxyl groups is 2. The van der Waals surface area contributed by atoms with Crippen LogP contribution in [0.1, 0.15) is 380 Å². The van der Waals surface area contributed by atoms with E-state index < -0.39 is 12.1 Å². The van der Waals surface area contributed by atoms with Crippen LogP contribution >= 0.6 is 0 Å². The van der Waals surface area contributed by atoms with Gasteiger partial charge in [-0.3, -0.25) is 9.59 Å². The van der Waals surface area contributed by atoms with Gasteiger partial charge in [-0.1, -0.05) is 334 Å². The highest BCUT2D eigenvalue weighted by atomic mass is 16.5. The van der Waals surface area contributed by atoms with Crippen molar-refractivity contribution >= 4 is 11.9 Å². The van der Waals surface area contributed by atoms with Crippen molar-refractivity contribution in [1.29, 1.82) is 0 Å². The molecule has 0 aliphatic heterocycles. The number of aliphatic hydroxyl groups excluding tert-OH is 2. The van der Waals surface area contributed by atoms with Crippen LogP contribution in [0.3, 0.4) is 0 Å². The van der Waals surface area contributed by atoms with E-state index in [-0.39, 0.29) is 18.5 Å². The number of ether oxygens (including phenoxy) is 1. The molecule has 6 nitrogen and oxygen atoms in total. The average Bonchev–Trinajstić information content (AvgIpc) is 3.41. The lowest BCUT2D eigenvalue weighted by Gasteiger charge is -2.22. The van der Waals surface area contributed by atoms with Crippen LogP contribution in [-0.2, 0) is 14.3 Å². The van der Waals surface area contributed by atoms with E-state index in [1.807, 2.05) is 0 Å². The standard InChI is InChI=1S/C69H133NO5/c1-3-5-7-9-11-13-15-17-19-21-22-23-24-26-30-33-37-41-45-49-53-57-61-67(72)66(65-71)70-68(73)62-58-54-50-46-42-38-34-31-27-25-28-32-36-40-44-48-52-56-60-64-75-69(74)63-59-55-51-47-43-39-35-29-20-18-16-14-12-10-8-6-4-2/h32,36,40,44,66-67,71-72H,3-31,33-35,37-39,41-43,45-65H2,1-2H3,(H,70,73)/b36-32-,44-40-. The first-order valence-corrected chi connectivity index (χ1v) is 34.1. The number of amides is 1. The van der Waals surface area contributed by atoms with Crippen molar-refractivity contribution in [2.45, 2.75) is 392 Å². The first-order chi connectivity index (χ1) is 37.0. The number of hydrogen-bond donors (Lipinski definition) is 3. The Labute approximate surface area is 469 Å². The molecule has 2 unspecified atom stereocenters. The van der Waals surface area contributed by atoms with E-state index in [9.17, 15) is 19.8 Å². The fraction of sp³-hybridized carbons (Fsp3) is 0.913. The van der Waals surface area contributed by atoms with Gasteiger partial charge < -0.3 is 20.3 Å². The third-order valence-electron chi connectivity index (χ3n) is 16.0. The molecule has 3 N–H and O–H groups in total. The fourth-order valence-corrected chi connectivity index (χ4v) is 10.8. The number of esters is 1. The summed E-state index contributed by atoms with van der Waals surface area (Å²) in [6.07, 6.45) is 80.7. The van der Waals surface area contributed by atoms with Crippen LogP contribution < -0.4 is 5.32 Å². The Morgan fingerprint density at radius 1 is 0.373 bits per heavy atom. The molecule has 0 aliphatic carbocycles. The number of carbonyl (C=O) groups excluding carboxylic acids is 2. The topological polar surface area (TPSA) is 95.9 Å². The smallest absolute Gasteiger partial charge is 0.305 e. The summed E-state index contributed by atoms with van der Waals surface area (Å²) in [5.41, 5.74) is 0. The van der Waals surface area contributed by atoms with E-state index in [1.165, 1.54) is 276 Å². The molecule has 0 heterocycles. The van der Waals surface area contributed by atoms with Gasteiger partial charge in [0.1, 0.15) is 0 Å². The number of hydrogen-bond acceptors (Lipinski definition) is 5. The molecule has 0 rings (SSSR count). The van der Waals surface area contributed by atoms with Crippen LogP contribution in [0.25, 0.3) is 0 Å². The molecule has 1 amide bonds. The first-order valence-electron chi connectivity index (χ1n) is 34.1. The van der Waals surface area contributed by atoms with Gasteiger partial charge in [-0.05, 0) is 57.8 Å². The summed E-state index contributed by atoms with van der Waals surface area (Å²) in [6, 6.07) is -0.550. The molecule has 75 heavy (non-hydrogen) atoms. The number of rotatable bonds is 64. The van der Waals surface area contributed by atoms with Crippen LogP contribution in [0.15, 0.2) is 24.3 Å². The molecule has 0 bridgehead atoms. The number of nitrogens with one attached hydrogen (secondary N) is 1. The van der Waals surface area contributed by atoms with Gasteiger partial charge in [0.05, 0.1) is 25.4 Å². The van der Waals surface area contributed by atoms with Crippen molar-refractivity contribution in [3.63, 3.8) is 0 Å². The van der Waals surface area contributed by atoms with Crippen molar-refractivity contribution in [1.82, 2.24) is 5.32 Å². The number of unbranched alkanes of at least 4 members (excludes halogenated alkanes) is 50. The first kappa shape index (κ1) is 73.3. The second-order valence-electron chi connectivity index (χ2n) is 23.5. The minimum Gasteiger partial charge on any atom is -0.466 e. The zero-order chi connectivity index (χ0) is 54.3. The third kappa shape index (κ3) is 61.4. The van der Waals surface area contributed by atoms with E-state index in [1.54, 1.807) is 0 Å². The monoisotopic (exact) mass is 1060 g/mol. The molecule has 6 heteroatoms. The number of allylic oxidation sites excluding steroid dienone is 4. The Morgan fingerprint density at radius 2 is 0.653 bits per heavy atom. The van der Waals surface area contributed by atoms with E-state index in [2.05, 4.69) is 43.5 Å². The van der Waals surface area contributed by atoms with Gasteiger partial charge in [-0.2, -0.15) is 0 Å². The quantitative estimate of drug-likeness (QED) is 0.0320. The molecule has 444 valence electrons.